The molecule has 7 heteroatoms. The SMILES string of the molecule is O=C(NCC(c1ccco1)S(=O)(=O)c1ccc(F)cc1)c1ccccc1. The Morgan fingerprint density at radius 1 is 1.00 bits per heavy atom. The second-order valence-corrected chi connectivity index (χ2v) is 7.71. The van der Waals surface area contributed by atoms with Crippen molar-refractivity contribution >= 4 is 15.7 Å². The van der Waals surface area contributed by atoms with E-state index in [9.17, 15) is 17.6 Å². The molecule has 3 aromatic rings. The van der Waals surface area contributed by atoms with Gasteiger partial charge in [0.05, 0.1) is 11.2 Å². The van der Waals surface area contributed by atoms with Crippen molar-refractivity contribution in [1.29, 1.82) is 0 Å². The van der Waals surface area contributed by atoms with Gasteiger partial charge in [0, 0.05) is 12.1 Å². The van der Waals surface area contributed by atoms with Crippen LogP contribution in [-0.2, 0) is 9.84 Å². The van der Waals surface area contributed by atoms with E-state index in [1.54, 1.807) is 36.4 Å². The first-order valence-corrected chi connectivity index (χ1v) is 9.39. The summed E-state index contributed by atoms with van der Waals surface area (Å²) in [6, 6.07) is 16.1. The monoisotopic (exact) mass is 373 g/mol. The lowest BCUT2D eigenvalue weighted by molar-refractivity contribution is 0.0953. The van der Waals surface area contributed by atoms with Gasteiger partial charge in [0.25, 0.3) is 5.91 Å². The van der Waals surface area contributed by atoms with Crippen LogP contribution in [-0.4, -0.2) is 20.9 Å². The lowest BCUT2D eigenvalue weighted by Gasteiger charge is -2.16. The summed E-state index contributed by atoms with van der Waals surface area (Å²) < 4.78 is 44.3. The highest BCUT2D eigenvalue weighted by atomic mass is 32.2. The summed E-state index contributed by atoms with van der Waals surface area (Å²) in [7, 11) is -3.89. The number of nitrogens with one attached hydrogen (secondary N) is 1. The van der Waals surface area contributed by atoms with Gasteiger partial charge in [-0.3, -0.25) is 4.79 Å². The van der Waals surface area contributed by atoms with Crippen molar-refractivity contribution in [3.05, 3.63) is 90.1 Å². The summed E-state index contributed by atoms with van der Waals surface area (Å²) in [4.78, 5) is 12.2. The Balaban J connectivity index is 1.86. The lowest BCUT2D eigenvalue weighted by atomic mass is 10.2. The van der Waals surface area contributed by atoms with E-state index >= 15 is 0 Å². The van der Waals surface area contributed by atoms with E-state index in [1.807, 2.05) is 0 Å². The fourth-order valence-electron chi connectivity index (χ4n) is 2.50. The molecule has 0 saturated carbocycles. The van der Waals surface area contributed by atoms with Gasteiger partial charge >= 0.3 is 0 Å². The molecule has 0 bridgehead atoms. The van der Waals surface area contributed by atoms with Crippen LogP contribution in [0.5, 0.6) is 0 Å². The third-order valence-corrected chi connectivity index (χ3v) is 5.94. The van der Waals surface area contributed by atoms with Gasteiger partial charge < -0.3 is 9.73 Å². The molecule has 2 aromatic carbocycles. The van der Waals surface area contributed by atoms with Crippen LogP contribution in [0.3, 0.4) is 0 Å². The standard InChI is InChI=1S/C19H16FNO4S/c20-15-8-10-16(11-9-15)26(23,24)18(17-7-4-12-25-17)13-21-19(22)14-5-2-1-3-6-14/h1-12,18H,13H2,(H,21,22). The maximum Gasteiger partial charge on any atom is 0.251 e. The van der Waals surface area contributed by atoms with Crippen LogP contribution in [0.2, 0.25) is 0 Å². The van der Waals surface area contributed by atoms with Gasteiger partial charge in [-0.2, -0.15) is 0 Å². The Hall–Kier alpha value is -2.93. The lowest BCUT2D eigenvalue weighted by Crippen LogP contribution is -2.31. The van der Waals surface area contributed by atoms with Gasteiger partial charge in [0.15, 0.2) is 9.84 Å². The second kappa shape index (κ2) is 7.53. The molecule has 1 heterocycles. The topological polar surface area (TPSA) is 76.4 Å². The summed E-state index contributed by atoms with van der Waals surface area (Å²) in [5, 5.41) is 1.49. The van der Waals surface area contributed by atoms with Crippen LogP contribution >= 0.6 is 0 Å². The molecule has 0 spiro atoms. The van der Waals surface area contributed by atoms with Gasteiger partial charge in [0.2, 0.25) is 0 Å². The van der Waals surface area contributed by atoms with E-state index < -0.39 is 26.8 Å². The molecule has 5 nitrogen and oxygen atoms in total. The smallest absolute Gasteiger partial charge is 0.251 e. The average Bonchev–Trinajstić information content (AvgIpc) is 3.17. The Kier molecular flexibility index (Phi) is 5.18. The van der Waals surface area contributed by atoms with Gasteiger partial charge in [-0.25, -0.2) is 12.8 Å². The van der Waals surface area contributed by atoms with Crippen LogP contribution in [0.4, 0.5) is 4.39 Å². The molecule has 26 heavy (non-hydrogen) atoms. The first-order valence-electron chi connectivity index (χ1n) is 7.84. The average molecular weight is 373 g/mol. The quantitative estimate of drug-likeness (QED) is 0.672. The van der Waals surface area contributed by atoms with Crippen molar-refractivity contribution in [2.75, 3.05) is 6.54 Å². The van der Waals surface area contributed by atoms with Crippen LogP contribution in [0.25, 0.3) is 0 Å². The van der Waals surface area contributed by atoms with Gasteiger partial charge in [-0.15, -0.1) is 0 Å². The first-order chi connectivity index (χ1) is 12.5. The number of carbonyl (C=O) groups is 1. The van der Waals surface area contributed by atoms with Crippen molar-refractivity contribution in [3.8, 4) is 0 Å². The zero-order chi connectivity index (χ0) is 18.6. The molecule has 134 valence electrons. The molecular weight excluding hydrogens is 357 g/mol. The molecule has 1 aromatic heterocycles. The van der Waals surface area contributed by atoms with Gasteiger partial charge in [0.1, 0.15) is 16.8 Å². The molecule has 1 atom stereocenters. The summed E-state index contributed by atoms with van der Waals surface area (Å²) in [6.07, 6.45) is 1.36. The number of carbonyl (C=O) groups excluding carboxylic acids is 1. The highest BCUT2D eigenvalue weighted by molar-refractivity contribution is 7.91. The number of amides is 1. The van der Waals surface area contributed by atoms with E-state index in [1.165, 1.54) is 24.5 Å². The van der Waals surface area contributed by atoms with Gasteiger partial charge in [-0.1, -0.05) is 18.2 Å². The molecule has 0 radical (unpaired) electrons. The van der Waals surface area contributed by atoms with Crippen LogP contribution in [0.1, 0.15) is 21.4 Å². The number of sulfone groups is 1. The molecule has 0 aliphatic carbocycles. The van der Waals surface area contributed by atoms with Crippen molar-refractivity contribution in [3.63, 3.8) is 0 Å². The summed E-state index contributed by atoms with van der Waals surface area (Å²) in [5.41, 5.74) is 0.421. The summed E-state index contributed by atoms with van der Waals surface area (Å²) >= 11 is 0. The van der Waals surface area contributed by atoms with Crippen molar-refractivity contribution in [1.82, 2.24) is 5.32 Å². The summed E-state index contributed by atoms with van der Waals surface area (Å²) in [5.74, 6) is -0.727. The molecular formula is C19H16FNO4S. The normalized spacial score (nSPS) is 12.5. The zero-order valence-electron chi connectivity index (χ0n) is 13.6. The minimum Gasteiger partial charge on any atom is -0.468 e. The minimum absolute atomic E-state index is 0.0470. The van der Waals surface area contributed by atoms with E-state index in [4.69, 9.17) is 4.42 Å². The predicted octanol–water partition coefficient (Wildman–Crippen LogP) is 3.36. The number of furan rings is 1. The Morgan fingerprint density at radius 2 is 1.69 bits per heavy atom. The van der Waals surface area contributed by atoms with Crippen molar-refractivity contribution in [2.24, 2.45) is 0 Å². The fraction of sp³-hybridized carbons (Fsp3) is 0.105. The molecule has 0 aliphatic rings. The predicted molar refractivity (Wildman–Crippen MR) is 93.8 cm³/mol. The largest absolute Gasteiger partial charge is 0.468 e. The van der Waals surface area contributed by atoms with Crippen LogP contribution in [0, 0.1) is 5.82 Å². The number of benzene rings is 2. The molecule has 0 aliphatic heterocycles. The minimum atomic E-state index is -3.89. The van der Waals surface area contributed by atoms with Crippen LogP contribution in [0.15, 0.2) is 82.3 Å². The maximum atomic E-state index is 13.1. The highest BCUT2D eigenvalue weighted by Crippen LogP contribution is 2.29. The number of hydrogen-bond donors (Lipinski definition) is 1. The van der Waals surface area contributed by atoms with Crippen LogP contribution < -0.4 is 5.32 Å². The van der Waals surface area contributed by atoms with E-state index in [0.29, 0.717) is 5.56 Å². The highest BCUT2D eigenvalue weighted by Gasteiger charge is 2.32. The number of hydrogen-bond acceptors (Lipinski definition) is 4. The molecule has 1 amide bonds. The maximum absolute atomic E-state index is 13.1. The molecule has 1 unspecified atom stereocenters. The number of rotatable bonds is 6. The molecule has 3 rings (SSSR count). The first kappa shape index (κ1) is 17.9. The molecule has 1 N–H and O–H groups in total. The van der Waals surface area contributed by atoms with E-state index in [0.717, 1.165) is 12.1 Å². The van der Waals surface area contributed by atoms with Crippen molar-refractivity contribution < 1.29 is 22.0 Å². The number of halogens is 1. The molecule has 0 saturated heterocycles. The zero-order valence-corrected chi connectivity index (χ0v) is 14.4. The van der Waals surface area contributed by atoms with E-state index in [-0.39, 0.29) is 17.2 Å². The third-order valence-electron chi connectivity index (χ3n) is 3.86. The third kappa shape index (κ3) is 3.83. The fourth-order valence-corrected chi connectivity index (χ4v) is 4.09. The van der Waals surface area contributed by atoms with Crippen molar-refractivity contribution in [2.45, 2.75) is 10.1 Å². The van der Waals surface area contributed by atoms with Gasteiger partial charge in [-0.05, 0) is 48.5 Å². The Morgan fingerprint density at radius 3 is 2.31 bits per heavy atom. The molecule has 0 fully saturated rings. The summed E-state index contributed by atoms with van der Waals surface area (Å²) in [6.45, 7) is -0.180. The van der Waals surface area contributed by atoms with E-state index in [2.05, 4.69) is 5.32 Å². The second-order valence-electron chi connectivity index (χ2n) is 5.58. The Bertz CT molecular complexity index is 968. The Labute approximate surface area is 150 Å².